The first-order valence-corrected chi connectivity index (χ1v) is 8.42. The van der Waals surface area contributed by atoms with Crippen molar-refractivity contribution in [3.05, 3.63) is 40.1 Å². The number of aromatic nitrogens is 2. The first-order valence-electron chi connectivity index (χ1n) is 7.67. The van der Waals surface area contributed by atoms with Gasteiger partial charge in [-0.15, -0.1) is 0 Å². The maximum Gasteiger partial charge on any atom is 0.284 e. The number of amides is 2. The van der Waals surface area contributed by atoms with Gasteiger partial charge in [0.1, 0.15) is 5.92 Å². The van der Waals surface area contributed by atoms with E-state index in [2.05, 4.69) is 10.4 Å². The summed E-state index contributed by atoms with van der Waals surface area (Å²) in [5, 5.41) is 6.65. The molecule has 0 aliphatic carbocycles. The minimum Gasteiger partial charge on any atom is -0.322 e. The fraction of sp³-hybridized carbons (Fsp3) is 0.312. The monoisotopic (exact) mass is 402 g/mol. The van der Waals surface area contributed by atoms with Gasteiger partial charge in [-0.25, -0.2) is 8.78 Å². The zero-order valence-electron chi connectivity index (χ0n) is 13.5. The molecule has 138 valence electrons. The Bertz CT molecular complexity index is 872. The Kier molecular flexibility index (Phi) is 5.15. The molecule has 1 aliphatic heterocycles. The summed E-state index contributed by atoms with van der Waals surface area (Å²) in [5.74, 6) is -2.05. The first-order chi connectivity index (χ1) is 12.3. The SMILES string of the molecule is Cn1cc(NC(=O)C2CCN(c3ccc(Cl)c(Cl)c3)C2=O)c(C(F)F)n1. The second-order valence-electron chi connectivity index (χ2n) is 5.82. The molecule has 1 saturated heterocycles. The second kappa shape index (κ2) is 7.20. The molecule has 1 aliphatic rings. The summed E-state index contributed by atoms with van der Waals surface area (Å²) in [7, 11) is 1.47. The Balaban J connectivity index is 1.75. The number of anilines is 2. The minimum atomic E-state index is -2.83. The molecule has 1 fully saturated rings. The third kappa shape index (κ3) is 3.52. The molecule has 0 saturated carbocycles. The summed E-state index contributed by atoms with van der Waals surface area (Å²) < 4.78 is 27.1. The van der Waals surface area contributed by atoms with E-state index < -0.39 is 29.9 Å². The number of halogens is 4. The van der Waals surface area contributed by atoms with Crippen LogP contribution in [0.2, 0.25) is 10.0 Å². The second-order valence-corrected chi connectivity index (χ2v) is 6.64. The number of carbonyl (C=O) groups excluding carboxylic acids is 2. The van der Waals surface area contributed by atoms with Crippen LogP contribution in [0, 0.1) is 5.92 Å². The zero-order valence-corrected chi connectivity index (χ0v) is 15.1. The van der Waals surface area contributed by atoms with Crippen molar-refractivity contribution in [3.8, 4) is 0 Å². The molecule has 2 heterocycles. The van der Waals surface area contributed by atoms with Crippen LogP contribution in [0.4, 0.5) is 20.2 Å². The van der Waals surface area contributed by atoms with Crippen LogP contribution in [0.5, 0.6) is 0 Å². The first kappa shape index (κ1) is 18.6. The van der Waals surface area contributed by atoms with Crippen LogP contribution in [-0.4, -0.2) is 28.1 Å². The zero-order chi connectivity index (χ0) is 19.0. The molecule has 1 atom stereocenters. The van der Waals surface area contributed by atoms with E-state index in [0.717, 1.165) is 0 Å². The van der Waals surface area contributed by atoms with Gasteiger partial charge in [0.05, 0.1) is 15.7 Å². The van der Waals surface area contributed by atoms with E-state index in [4.69, 9.17) is 23.2 Å². The predicted octanol–water partition coefficient (Wildman–Crippen LogP) is 3.66. The molecule has 1 aromatic carbocycles. The standard InChI is InChI=1S/C16H14Cl2F2N4O2/c1-23-7-12(13(22-23)14(19)20)21-15(25)9-4-5-24(16(9)26)8-2-3-10(17)11(18)6-8/h2-3,6-7,9,14H,4-5H2,1H3,(H,21,25). The highest BCUT2D eigenvalue weighted by molar-refractivity contribution is 6.42. The lowest BCUT2D eigenvalue weighted by molar-refractivity contribution is -0.129. The third-order valence-electron chi connectivity index (χ3n) is 4.06. The highest BCUT2D eigenvalue weighted by atomic mass is 35.5. The molecule has 0 bridgehead atoms. The largest absolute Gasteiger partial charge is 0.322 e. The Morgan fingerprint density at radius 2 is 2.08 bits per heavy atom. The van der Waals surface area contributed by atoms with Gasteiger partial charge in [0, 0.05) is 25.5 Å². The Hall–Kier alpha value is -2.19. The lowest BCUT2D eigenvalue weighted by Gasteiger charge is -2.17. The molecule has 0 radical (unpaired) electrons. The molecular formula is C16H14Cl2F2N4O2. The molecule has 6 nitrogen and oxygen atoms in total. The van der Waals surface area contributed by atoms with Gasteiger partial charge in [0.2, 0.25) is 11.8 Å². The average Bonchev–Trinajstić information content (AvgIpc) is 3.13. The number of carbonyl (C=O) groups is 2. The van der Waals surface area contributed by atoms with Gasteiger partial charge in [0.25, 0.3) is 6.43 Å². The van der Waals surface area contributed by atoms with E-state index in [1.807, 2.05) is 0 Å². The van der Waals surface area contributed by atoms with E-state index in [-0.39, 0.29) is 12.1 Å². The number of hydrogen-bond donors (Lipinski definition) is 1. The Morgan fingerprint density at radius 1 is 1.35 bits per heavy atom. The summed E-state index contributed by atoms with van der Waals surface area (Å²) in [5.41, 5.74) is -0.115. The maximum absolute atomic E-state index is 13.0. The van der Waals surface area contributed by atoms with Crippen LogP contribution in [0.1, 0.15) is 18.5 Å². The molecule has 3 rings (SSSR count). The normalized spacial score (nSPS) is 17.2. The van der Waals surface area contributed by atoms with Gasteiger partial charge in [-0.2, -0.15) is 5.10 Å². The van der Waals surface area contributed by atoms with Crippen LogP contribution >= 0.6 is 23.2 Å². The maximum atomic E-state index is 13.0. The van der Waals surface area contributed by atoms with E-state index >= 15 is 0 Å². The summed E-state index contributed by atoms with van der Waals surface area (Å²) in [6, 6.07) is 4.73. The number of nitrogens with one attached hydrogen (secondary N) is 1. The smallest absolute Gasteiger partial charge is 0.284 e. The van der Waals surface area contributed by atoms with Crippen molar-refractivity contribution in [2.75, 3.05) is 16.8 Å². The van der Waals surface area contributed by atoms with Crippen molar-refractivity contribution in [2.45, 2.75) is 12.8 Å². The molecule has 1 N–H and O–H groups in total. The average molecular weight is 403 g/mol. The highest BCUT2D eigenvalue weighted by Gasteiger charge is 2.38. The van der Waals surface area contributed by atoms with Crippen LogP contribution in [0.3, 0.4) is 0 Å². The molecule has 1 unspecified atom stereocenters. The minimum absolute atomic E-state index is 0.103. The summed E-state index contributed by atoms with van der Waals surface area (Å²) in [4.78, 5) is 26.4. The van der Waals surface area contributed by atoms with E-state index in [0.29, 0.717) is 22.3 Å². The van der Waals surface area contributed by atoms with Crippen LogP contribution in [0.25, 0.3) is 0 Å². The van der Waals surface area contributed by atoms with Gasteiger partial charge in [-0.05, 0) is 24.6 Å². The van der Waals surface area contributed by atoms with Gasteiger partial charge < -0.3 is 10.2 Å². The van der Waals surface area contributed by atoms with E-state index in [1.165, 1.54) is 28.9 Å². The fourth-order valence-corrected chi connectivity index (χ4v) is 3.11. The quantitative estimate of drug-likeness (QED) is 0.793. The van der Waals surface area contributed by atoms with Crippen LogP contribution in [0.15, 0.2) is 24.4 Å². The van der Waals surface area contributed by atoms with Gasteiger partial charge in [-0.3, -0.25) is 14.3 Å². The summed E-state index contributed by atoms with van der Waals surface area (Å²) >= 11 is 11.8. The lowest BCUT2D eigenvalue weighted by atomic mass is 10.1. The van der Waals surface area contributed by atoms with Gasteiger partial charge >= 0.3 is 0 Å². The molecule has 10 heteroatoms. The topological polar surface area (TPSA) is 67.2 Å². The molecule has 2 amide bonds. The third-order valence-corrected chi connectivity index (χ3v) is 4.80. The highest BCUT2D eigenvalue weighted by Crippen LogP contribution is 2.32. The molecule has 26 heavy (non-hydrogen) atoms. The number of hydrogen-bond acceptors (Lipinski definition) is 3. The van der Waals surface area contributed by atoms with Crippen molar-refractivity contribution in [2.24, 2.45) is 13.0 Å². The van der Waals surface area contributed by atoms with E-state index in [1.54, 1.807) is 12.1 Å². The van der Waals surface area contributed by atoms with Crippen molar-refractivity contribution in [3.63, 3.8) is 0 Å². The molecule has 0 spiro atoms. The number of rotatable bonds is 4. The lowest BCUT2D eigenvalue weighted by Crippen LogP contribution is -2.33. The number of nitrogens with zero attached hydrogens (tertiary/aromatic N) is 3. The van der Waals surface area contributed by atoms with Crippen LogP contribution in [-0.2, 0) is 16.6 Å². The molecule has 2 aromatic rings. The Morgan fingerprint density at radius 3 is 2.73 bits per heavy atom. The van der Waals surface area contributed by atoms with Gasteiger partial charge in [0.15, 0.2) is 5.69 Å². The predicted molar refractivity (Wildman–Crippen MR) is 93.7 cm³/mol. The van der Waals surface area contributed by atoms with E-state index in [9.17, 15) is 18.4 Å². The summed E-state index contributed by atoms with van der Waals surface area (Å²) in [6.07, 6.45) is -1.30. The number of benzene rings is 1. The summed E-state index contributed by atoms with van der Waals surface area (Å²) in [6.45, 7) is 0.309. The molecular weight excluding hydrogens is 389 g/mol. The molecule has 1 aromatic heterocycles. The fourth-order valence-electron chi connectivity index (χ4n) is 2.82. The van der Waals surface area contributed by atoms with Gasteiger partial charge in [-0.1, -0.05) is 23.2 Å². The van der Waals surface area contributed by atoms with Crippen molar-refractivity contribution in [1.82, 2.24) is 9.78 Å². The number of alkyl halides is 2. The van der Waals surface area contributed by atoms with Crippen molar-refractivity contribution in [1.29, 1.82) is 0 Å². The van der Waals surface area contributed by atoms with Crippen LogP contribution < -0.4 is 10.2 Å². The Labute approximate surface area is 157 Å². The number of aryl methyl sites for hydroxylation is 1. The van der Waals surface area contributed by atoms with Crippen molar-refractivity contribution >= 4 is 46.4 Å². The van der Waals surface area contributed by atoms with Crippen molar-refractivity contribution < 1.29 is 18.4 Å².